The molecule has 0 radical (unpaired) electrons. The Morgan fingerprint density at radius 2 is 1.89 bits per heavy atom. The molecule has 0 bridgehead atoms. The standard InChI is InChI=1S/C14H13ClF2N2/c1-8-2-3-9(6-12(8)15)14(19-18)11-7-10(16)4-5-13(11)17/h2-7,14,19H,18H2,1H3. The van der Waals surface area contributed by atoms with E-state index >= 15 is 0 Å². The van der Waals surface area contributed by atoms with Crippen molar-refractivity contribution in [3.63, 3.8) is 0 Å². The highest BCUT2D eigenvalue weighted by atomic mass is 35.5. The second-order valence-electron chi connectivity index (χ2n) is 4.27. The van der Waals surface area contributed by atoms with Gasteiger partial charge in [0.05, 0.1) is 6.04 Å². The molecule has 1 unspecified atom stereocenters. The van der Waals surface area contributed by atoms with Gasteiger partial charge in [-0.2, -0.15) is 0 Å². The minimum Gasteiger partial charge on any atom is -0.271 e. The van der Waals surface area contributed by atoms with E-state index in [9.17, 15) is 8.78 Å². The summed E-state index contributed by atoms with van der Waals surface area (Å²) in [5, 5.41) is 0.551. The normalized spacial score (nSPS) is 12.5. The molecule has 5 heteroatoms. The molecule has 100 valence electrons. The first kappa shape index (κ1) is 13.9. The van der Waals surface area contributed by atoms with Gasteiger partial charge in [-0.3, -0.25) is 5.84 Å². The summed E-state index contributed by atoms with van der Waals surface area (Å²) in [5.41, 5.74) is 4.20. The van der Waals surface area contributed by atoms with Crippen LogP contribution < -0.4 is 11.3 Å². The predicted octanol–water partition coefficient (Wildman–Crippen LogP) is 3.48. The van der Waals surface area contributed by atoms with E-state index in [0.29, 0.717) is 10.6 Å². The lowest BCUT2D eigenvalue weighted by Crippen LogP contribution is -2.29. The van der Waals surface area contributed by atoms with Crippen LogP contribution in [0.4, 0.5) is 8.78 Å². The Morgan fingerprint density at radius 1 is 1.16 bits per heavy atom. The monoisotopic (exact) mass is 282 g/mol. The summed E-state index contributed by atoms with van der Waals surface area (Å²) in [6.45, 7) is 1.86. The Labute approximate surface area is 115 Å². The van der Waals surface area contributed by atoms with Crippen LogP contribution in [-0.2, 0) is 0 Å². The molecule has 0 aromatic heterocycles. The zero-order valence-electron chi connectivity index (χ0n) is 10.3. The molecule has 0 amide bonds. The fourth-order valence-corrected chi connectivity index (χ4v) is 2.08. The minimum absolute atomic E-state index is 0.141. The summed E-state index contributed by atoms with van der Waals surface area (Å²) in [6, 6.07) is 7.86. The quantitative estimate of drug-likeness (QED) is 0.668. The predicted molar refractivity (Wildman–Crippen MR) is 71.7 cm³/mol. The number of hydrazine groups is 1. The Bertz CT molecular complexity index is 602. The molecule has 1 atom stereocenters. The molecule has 0 aliphatic carbocycles. The van der Waals surface area contributed by atoms with Gasteiger partial charge < -0.3 is 0 Å². The van der Waals surface area contributed by atoms with E-state index in [1.807, 2.05) is 6.92 Å². The number of nitrogens with two attached hydrogens (primary N) is 1. The van der Waals surface area contributed by atoms with Gasteiger partial charge in [0.15, 0.2) is 0 Å². The average Bonchev–Trinajstić information content (AvgIpc) is 2.38. The largest absolute Gasteiger partial charge is 0.271 e. The second kappa shape index (κ2) is 5.65. The van der Waals surface area contributed by atoms with Gasteiger partial charge in [0.25, 0.3) is 0 Å². The maximum absolute atomic E-state index is 13.8. The molecular weight excluding hydrogens is 270 g/mol. The van der Waals surface area contributed by atoms with Crippen molar-refractivity contribution in [2.45, 2.75) is 13.0 Å². The smallest absolute Gasteiger partial charge is 0.128 e. The fraction of sp³-hybridized carbons (Fsp3) is 0.143. The van der Waals surface area contributed by atoms with Crippen molar-refractivity contribution in [2.24, 2.45) is 5.84 Å². The number of aryl methyl sites for hydroxylation is 1. The zero-order valence-corrected chi connectivity index (χ0v) is 11.0. The summed E-state index contributed by atoms with van der Waals surface area (Å²) in [7, 11) is 0. The lowest BCUT2D eigenvalue weighted by molar-refractivity contribution is 0.545. The van der Waals surface area contributed by atoms with Crippen molar-refractivity contribution in [2.75, 3.05) is 0 Å². The summed E-state index contributed by atoms with van der Waals surface area (Å²) >= 11 is 6.04. The van der Waals surface area contributed by atoms with Crippen molar-refractivity contribution < 1.29 is 8.78 Å². The highest BCUT2D eigenvalue weighted by Gasteiger charge is 2.18. The molecule has 3 N–H and O–H groups in total. The number of hydrogen-bond acceptors (Lipinski definition) is 2. The lowest BCUT2D eigenvalue weighted by atomic mass is 9.98. The molecule has 0 saturated carbocycles. The lowest BCUT2D eigenvalue weighted by Gasteiger charge is -2.18. The van der Waals surface area contributed by atoms with Crippen LogP contribution in [0.2, 0.25) is 5.02 Å². The Hall–Kier alpha value is -1.49. The molecule has 19 heavy (non-hydrogen) atoms. The van der Waals surface area contributed by atoms with Crippen molar-refractivity contribution in [3.8, 4) is 0 Å². The summed E-state index contributed by atoms with van der Waals surface area (Å²) in [4.78, 5) is 0. The third-order valence-corrected chi connectivity index (χ3v) is 3.37. The summed E-state index contributed by atoms with van der Waals surface area (Å²) < 4.78 is 27.0. The first-order chi connectivity index (χ1) is 9.02. The maximum Gasteiger partial charge on any atom is 0.128 e. The van der Waals surface area contributed by atoms with Crippen LogP contribution in [0.25, 0.3) is 0 Å². The molecule has 0 heterocycles. The Balaban J connectivity index is 2.49. The Morgan fingerprint density at radius 3 is 2.53 bits per heavy atom. The van der Waals surface area contributed by atoms with Crippen molar-refractivity contribution in [3.05, 3.63) is 69.7 Å². The summed E-state index contributed by atoms with van der Waals surface area (Å²) in [6.07, 6.45) is 0. The van der Waals surface area contributed by atoms with Gasteiger partial charge >= 0.3 is 0 Å². The van der Waals surface area contributed by atoms with E-state index in [2.05, 4.69) is 5.43 Å². The van der Waals surface area contributed by atoms with Gasteiger partial charge in [-0.25, -0.2) is 14.2 Å². The number of benzene rings is 2. The second-order valence-corrected chi connectivity index (χ2v) is 4.68. The van der Waals surface area contributed by atoms with Gasteiger partial charge in [0.1, 0.15) is 11.6 Å². The highest BCUT2D eigenvalue weighted by Crippen LogP contribution is 2.27. The van der Waals surface area contributed by atoms with Crippen LogP contribution in [0.5, 0.6) is 0 Å². The zero-order chi connectivity index (χ0) is 14.0. The summed E-state index contributed by atoms with van der Waals surface area (Å²) in [5.74, 6) is 4.42. The molecule has 2 aromatic rings. The highest BCUT2D eigenvalue weighted by molar-refractivity contribution is 6.31. The third-order valence-electron chi connectivity index (χ3n) is 2.96. The van der Waals surface area contributed by atoms with Gasteiger partial charge in [0, 0.05) is 10.6 Å². The molecular formula is C14H13ClF2N2. The molecule has 2 nitrogen and oxygen atoms in total. The van der Waals surface area contributed by atoms with Crippen LogP contribution in [-0.4, -0.2) is 0 Å². The van der Waals surface area contributed by atoms with Gasteiger partial charge in [0.2, 0.25) is 0 Å². The van der Waals surface area contributed by atoms with E-state index < -0.39 is 17.7 Å². The van der Waals surface area contributed by atoms with Crippen LogP contribution in [0.1, 0.15) is 22.7 Å². The van der Waals surface area contributed by atoms with Crippen LogP contribution in [0, 0.1) is 18.6 Å². The number of rotatable bonds is 3. The molecule has 0 fully saturated rings. The number of hydrogen-bond donors (Lipinski definition) is 2. The SMILES string of the molecule is Cc1ccc(C(NN)c2cc(F)ccc2F)cc1Cl. The van der Waals surface area contributed by atoms with E-state index in [0.717, 1.165) is 23.8 Å². The molecule has 2 rings (SSSR count). The van der Waals surface area contributed by atoms with Gasteiger partial charge in [-0.05, 0) is 42.3 Å². The van der Waals surface area contributed by atoms with Crippen molar-refractivity contribution in [1.29, 1.82) is 0 Å². The van der Waals surface area contributed by atoms with Crippen molar-refractivity contribution >= 4 is 11.6 Å². The molecule has 0 saturated heterocycles. The maximum atomic E-state index is 13.8. The van der Waals surface area contributed by atoms with Crippen LogP contribution in [0.15, 0.2) is 36.4 Å². The minimum atomic E-state index is -0.659. The number of nitrogens with one attached hydrogen (secondary N) is 1. The first-order valence-corrected chi connectivity index (χ1v) is 6.08. The number of halogens is 3. The first-order valence-electron chi connectivity index (χ1n) is 5.70. The average molecular weight is 283 g/mol. The van der Waals surface area contributed by atoms with E-state index in [1.165, 1.54) is 0 Å². The van der Waals surface area contributed by atoms with Gasteiger partial charge in [-0.15, -0.1) is 0 Å². The van der Waals surface area contributed by atoms with E-state index in [-0.39, 0.29) is 5.56 Å². The fourth-order valence-electron chi connectivity index (χ4n) is 1.89. The van der Waals surface area contributed by atoms with Gasteiger partial charge in [-0.1, -0.05) is 23.7 Å². The molecule has 0 aliphatic heterocycles. The molecule has 0 aliphatic rings. The molecule has 0 spiro atoms. The van der Waals surface area contributed by atoms with Crippen molar-refractivity contribution in [1.82, 2.24) is 5.43 Å². The topological polar surface area (TPSA) is 38.0 Å². The molecule has 2 aromatic carbocycles. The third kappa shape index (κ3) is 2.92. The van der Waals surface area contributed by atoms with E-state index in [4.69, 9.17) is 17.4 Å². The van der Waals surface area contributed by atoms with Crippen LogP contribution >= 0.6 is 11.6 Å². The van der Waals surface area contributed by atoms with E-state index in [1.54, 1.807) is 18.2 Å². The Kier molecular flexibility index (Phi) is 4.14. The van der Waals surface area contributed by atoms with Crippen LogP contribution in [0.3, 0.4) is 0 Å².